The topological polar surface area (TPSA) is 46.3 Å². The maximum atomic E-state index is 12.6. The van der Waals surface area contributed by atoms with Gasteiger partial charge in [-0.3, -0.25) is 4.79 Å². The predicted octanol–water partition coefficient (Wildman–Crippen LogP) is 3.90. The number of rotatable bonds is 4. The molecule has 0 saturated heterocycles. The van der Waals surface area contributed by atoms with Crippen molar-refractivity contribution in [2.24, 2.45) is 0 Å². The normalized spacial score (nSPS) is 11.8. The van der Waals surface area contributed by atoms with E-state index >= 15 is 0 Å². The molecule has 3 nitrogen and oxygen atoms in total. The Labute approximate surface area is 124 Å². The van der Waals surface area contributed by atoms with Crippen molar-refractivity contribution >= 4 is 33.0 Å². The van der Waals surface area contributed by atoms with Crippen molar-refractivity contribution in [1.82, 2.24) is 4.90 Å². The summed E-state index contributed by atoms with van der Waals surface area (Å²) in [4.78, 5) is 13.3. The third kappa shape index (κ3) is 3.47. The highest BCUT2D eigenvalue weighted by molar-refractivity contribution is 7.21. The average Bonchev–Trinajstić information content (AvgIpc) is 2.74. The summed E-state index contributed by atoms with van der Waals surface area (Å²) >= 11 is 1.13. The van der Waals surface area contributed by atoms with Gasteiger partial charge in [-0.2, -0.15) is 13.2 Å². The lowest BCUT2D eigenvalue weighted by Crippen LogP contribution is -2.39. The maximum absolute atomic E-state index is 12.6. The van der Waals surface area contributed by atoms with Gasteiger partial charge < -0.3 is 10.6 Å². The summed E-state index contributed by atoms with van der Waals surface area (Å²) < 4.78 is 38.6. The lowest BCUT2D eigenvalue weighted by molar-refractivity contribution is -0.140. The number of halogens is 3. The first kappa shape index (κ1) is 15.6. The Hall–Kier alpha value is -1.76. The number of carbonyl (C=O) groups is 1. The third-order valence-electron chi connectivity index (χ3n) is 2.98. The Morgan fingerprint density at radius 1 is 1.33 bits per heavy atom. The number of nitrogens with two attached hydrogens (primary N) is 1. The van der Waals surface area contributed by atoms with Gasteiger partial charge in [-0.25, -0.2) is 0 Å². The lowest BCUT2D eigenvalue weighted by Gasteiger charge is -2.23. The predicted molar refractivity (Wildman–Crippen MR) is 78.5 cm³/mol. The van der Waals surface area contributed by atoms with Crippen LogP contribution in [0.25, 0.3) is 10.1 Å². The number of fused-ring (bicyclic) bond motifs is 1. The first-order valence-corrected chi connectivity index (χ1v) is 7.28. The van der Waals surface area contributed by atoms with Crippen molar-refractivity contribution in [2.45, 2.75) is 19.5 Å². The number of alkyl halides is 3. The fraction of sp³-hybridized carbons (Fsp3) is 0.357. The number of nitrogens with zero attached hydrogens (tertiary/aromatic N) is 1. The number of anilines is 1. The summed E-state index contributed by atoms with van der Waals surface area (Å²) in [6.07, 6.45) is -3.97. The molecule has 1 aromatic heterocycles. The van der Waals surface area contributed by atoms with Crippen molar-refractivity contribution in [3.8, 4) is 0 Å². The highest BCUT2D eigenvalue weighted by Crippen LogP contribution is 2.34. The number of amides is 1. The Balaban J connectivity index is 2.36. The van der Waals surface area contributed by atoms with E-state index in [1.54, 1.807) is 31.2 Å². The van der Waals surface area contributed by atoms with E-state index in [4.69, 9.17) is 5.73 Å². The smallest absolute Gasteiger partial charge is 0.397 e. The van der Waals surface area contributed by atoms with Crippen LogP contribution in [0.1, 0.15) is 23.0 Å². The summed E-state index contributed by atoms with van der Waals surface area (Å²) in [6, 6.07) is 7.12. The van der Waals surface area contributed by atoms with Crippen LogP contribution in [-0.2, 0) is 0 Å². The maximum Gasteiger partial charge on any atom is 0.406 e. The average molecular weight is 316 g/mol. The van der Waals surface area contributed by atoms with E-state index in [0.29, 0.717) is 11.8 Å². The molecule has 1 heterocycles. The van der Waals surface area contributed by atoms with Crippen molar-refractivity contribution in [3.05, 3.63) is 29.1 Å². The first-order valence-electron chi connectivity index (χ1n) is 6.46. The van der Waals surface area contributed by atoms with Crippen LogP contribution in [0.5, 0.6) is 0 Å². The van der Waals surface area contributed by atoms with Gasteiger partial charge in [0.15, 0.2) is 0 Å². The molecule has 0 bridgehead atoms. The van der Waals surface area contributed by atoms with Gasteiger partial charge in [-0.15, -0.1) is 11.3 Å². The van der Waals surface area contributed by atoms with Gasteiger partial charge in [-0.05, 0) is 12.5 Å². The minimum atomic E-state index is -4.42. The zero-order chi connectivity index (χ0) is 15.6. The van der Waals surface area contributed by atoms with Gasteiger partial charge in [0.25, 0.3) is 5.91 Å². The van der Waals surface area contributed by atoms with Crippen LogP contribution in [0.4, 0.5) is 18.9 Å². The summed E-state index contributed by atoms with van der Waals surface area (Å²) in [5, 5.41) is 0.703. The van der Waals surface area contributed by atoms with E-state index in [1.807, 2.05) is 0 Å². The van der Waals surface area contributed by atoms with Crippen LogP contribution < -0.4 is 5.73 Å². The fourth-order valence-electron chi connectivity index (χ4n) is 2.11. The van der Waals surface area contributed by atoms with Crippen LogP contribution in [0.2, 0.25) is 0 Å². The van der Waals surface area contributed by atoms with Crippen molar-refractivity contribution in [1.29, 1.82) is 0 Å². The van der Waals surface area contributed by atoms with E-state index in [1.165, 1.54) is 0 Å². The molecule has 2 aromatic rings. The second-order valence-corrected chi connectivity index (χ2v) is 5.74. The van der Waals surface area contributed by atoms with E-state index in [2.05, 4.69) is 0 Å². The number of hydrogen-bond donors (Lipinski definition) is 1. The Kier molecular flexibility index (Phi) is 4.41. The standard InChI is InChI=1S/C14H15F3N2OS/c1-2-7-19(8-14(15,16)17)13(20)12-11(18)9-5-3-4-6-10(9)21-12/h3-6H,2,7-8,18H2,1H3. The molecule has 0 aliphatic carbocycles. The molecule has 0 saturated carbocycles. The van der Waals surface area contributed by atoms with Crippen molar-refractivity contribution in [2.75, 3.05) is 18.8 Å². The van der Waals surface area contributed by atoms with Gasteiger partial charge in [-0.1, -0.05) is 25.1 Å². The molecule has 2 rings (SSSR count). The van der Waals surface area contributed by atoms with Crippen LogP contribution in [0.15, 0.2) is 24.3 Å². The van der Waals surface area contributed by atoms with Crippen LogP contribution in [0, 0.1) is 0 Å². The molecule has 0 fully saturated rings. The van der Waals surface area contributed by atoms with Gasteiger partial charge in [0.05, 0.1) is 5.69 Å². The molecule has 0 spiro atoms. The summed E-state index contributed by atoms with van der Waals surface area (Å²) in [5.41, 5.74) is 6.17. The van der Waals surface area contributed by atoms with Crippen molar-refractivity contribution in [3.63, 3.8) is 0 Å². The SMILES string of the molecule is CCCN(CC(F)(F)F)C(=O)c1sc2ccccc2c1N. The van der Waals surface area contributed by atoms with E-state index < -0.39 is 18.6 Å². The Morgan fingerprint density at radius 3 is 2.57 bits per heavy atom. The molecule has 0 aliphatic rings. The number of nitrogen functional groups attached to an aromatic ring is 1. The van der Waals surface area contributed by atoms with E-state index in [0.717, 1.165) is 20.9 Å². The summed E-state index contributed by atoms with van der Waals surface area (Å²) in [5.74, 6) is -0.659. The highest BCUT2D eigenvalue weighted by atomic mass is 32.1. The second kappa shape index (κ2) is 5.93. The molecule has 0 aliphatic heterocycles. The summed E-state index contributed by atoms with van der Waals surface area (Å²) in [7, 11) is 0. The minimum Gasteiger partial charge on any atom is -0.397 e. The monoisotopic (exact) mass is 316 g/mol. The Bertz CT molecular complexity index is 651. The molecule has 21 heavy (non-hydrogen) atoms. The zero-order valence-electron chi connectivity index (χ0n) is 11.4. The lowest BCUT2D eigenvalue weighted by atomic mass is 10.2. The molecule has 114 valence electrons. The van der Waals surface area contributed by atoms with Crippen LogP contribution >= 0.6 is 11.3 Å². The van der Waals surface area contributed by atoms with Crippen LogP contribution in [0.3, 0.4) is 0 Å². The fourth-order valence-corrected chi connectivity index (χ4v) is 3.20. The van der Waals surface area contributed by atoms with Gasteiger partial charge in [0.2, 0.25) is 0 Å². The number of carbonyl (C=O) groups excluding carboxylic acids is 1. The molecule has 0 atom stereocenters. The summed E-state index contributed by atoms with van der Waals surface area (Å²) in [6.45, 7) is 0.518. The van der Waals surface area contributed by atoms with Crippen LogP contribution in [-0.4, -0.2) is 30.1 Å². The molecule has 2 N–H and O–H groups in total. The molecule has 0 radical (unpaired) electrons. The molecular weight excluding hydrogens is 301 g/mol. The quantitative estimate of drug-likeness (QED) is 0.930. The van der Waals surface area contributed by atoms with E-state index in [-0.39, 0.29) is 17.1 Å². The molecule has 1 amide bonds. The third-order valence-corrected chi connectivity index (χ3v) is 4.15. The van der Waals surface area contributed by atoms with E-state index in [9.17, 15) is 18.0 Å². The molecule has 7 heteroatoms. The molecule has 1 aromatic carbocycles. The van der Waals surface area contributed by atoms with Gasteiger partial charge in [0.1, 0.15) is 11.4 Å². The highest BCUT2D eigenvalue weighted by Gasteiger charge is 2.34. The number of hydrogen-bond acceptors (Lipinski definition) is 3. The van der Waals surface area contributed by atoms with Gasteiger partial charge in [0, 0.05) is 16.6 Å². The largest absolute Gasteiger partial charge is 0.406 e. The Morgan fingerprint density at radius 2 is 2.00 bits per heavy atom. The van der Waals surface area contributed by atoms with Gasteiger partial charge >= 0.3 is 6.18 Å². The zero-order valence-corrected chi connectivity index (χ0v) is 12.2. The second-order valence-electron chi connectivity index (χ2n) is 4.68. The minimum absolute atomic E-state index is 0.0476. The number of benzene rings is 1. The van der Waals surface area contributed by atoms with Crippen molar-refractivity contribution < 1.29 is 18.0 Å². The molecular formula is C14H15F3N2OS. The number of thiophene rings is 1. The first-order chi connectivity index (χ1) is 9.83. The molecule has 0 unspecified atom stereocenters.